The molecule has 0 saturated heterocycles. The van der Waals surface area contributed by atoms with Crippen molar-refractivity contribution >= 4 is 5.91 Å². The van der Waals surface area contributed by atoms with E-state index in [-0.39, 0.29) is 11.9 Å². The molecule has 0 aromatic carbocycles. The SMILES string of the molecule is CCCC.CCCOC.CNC1CCC(NC(=O)C(N)CC2=CCCCC2)C1. The van der Waals surface area contributed by atoms with Gasteiger partial charge in [0.15, 0.2) is 0 Å². The second-order valence-electron chi connectivity index (χ2n) is 7.92. The second-order valence-corrected chi connectivity index (χ2v) is 7.92. The van der Waals surface area contributed by atoms with E-state index in [2.05, 4.69) is 37.5 Å². The van der Waals surface area contributed by atoms with Crippen molar-refractivity contribution in [1.29, 1.82) is 0 Å². The summed E-state index contributed by atoms with van der Waals surface area (Å²) in [5.41, 5.74) is 7.39. The van der Waals surface area contributed by atoms with Gasteiger partial charge in [0.1, 0.15) is 0 Å². The fourth-order valence-electron chi connectivity index (χ4n) is 3.35. The highest BCUT2D eigenvalue weighted by molar-refractivity contribution is 5.82. The van der Waals surface area contributed by atoms with Crippen molar-refractivity contribution < 1.29 is 9.53 Å². The third-order valence-corrected chi connectivity index (χ3v) is 5.30. The van der Waals surface area contributed by atoms with Crippen molar-refractivity contribution in [2.24, 2.45) is 5.73 Å². The van der Waals surface area contributed by atoms with Gasteiger partial charge in [0.05, 0.1) is 6.04 Å². The standard InChI is InChI=1S/C15H27N3O.C4H10O.C4H10/c1-17-12-7-8-13(10-12)18-15(19)14(16)9-11-5-3-2-4-6-11;1-3-4-5-2;1-3-4-2/h5,12-14,17H,2-4,6-10,16H2,1H3,(H,18,19);3-4H2,1-2H3;3-4H2,1-2H3. The number of nitrogens with one attached hydrogen (secondary N) is 2. The molecular weight excluding hydrogens is 350 g/mol. The number of carbonyl (C=O) groups excluding carboxylic acids is 1. The number of hydrogen-bond acceptors (Lipinski definition) is 4. The van der Waals surface area contributed by atoms with Gasteiger partial charge in [-0.3, -0.25) is 4.79 Å². The average Bonchev–Trinajstić information content (AvgIpc) is 3.17. The van der Waals surface area contributed by atoms with Crippen LogP contribution in [0.3, 0.4) is 0 Å². The van der Waals surface area contributed by atoms with Crippen molar-refractivity contribution in [3.63, 3.8) is 0 Å². The molecule has 3 unspecified atom stereocenters. The van der Waals surface area contributed by atoms with Crippen molar-refractivity contribution in [2.45, 2.75) is 110 Å². The summed E-state index contributed by atoms with van der Waals surface area (Å²) in [4.78, 5) is 12.1. The Morgan fingerprint density at radius 2 is 1.86 bits per heavy atom. The third kappa shape index (κ3) is 13.3. The number of methoxy groups -OCH3 is 1. The second kappa shape index (κ2) is 18.1. The number of allylic oxidation sites excluding steroid dienone is 1. The van der Waals surface area contributed by atoms with Crippen LogP contribution >= 0.6 is 0 Å². The molecule has 1 saturated carbocycles. The van der Waals surface area contributed by atoms with E-state index in [9.17, 15) is 4.79 Å². The van der Waals surface area contributed by atoms with Gasteiger partial charge in [0.2, 0.25) is 5.91 Å². The van der Waals surface area contributed by atoms with Crippen molar-refractivity contribution in [3.8, 4) is 0 Å². The van der Waals surface area contributed by atoms with Gasteiger partial charge in [-0.05, 0) is 64.8 Å². The zero-order valence-electron chi connectivity index (χ0n) is 19.2. The number of hydrogen-bond donors (Lipinski definition) is 3. The molecule has 0 heterocycles. The van der Waals surface area contributed by atoms with Crippen LogP contribution in [0, 0.1) is 0 Å². The summed E-state index contributed by atoms with van der Waals surface area (Å²) in [5, 5.41) is 6.37. The van der Waals surface area contributed by atoms with E-state index in [0.29, 0.717) is 12.1 Å². The molecule has 3 atom stereocenters. The van der Waals surface area contributed by atoms with Crippen molar-refractivity contribution in [3.05, 3.63) is 11.6 Å². The number of nitrogens with two attached hydrogens (primary N) is 1. The first-order chi connectivity index (χ1) is 13.5. The zero-order chi connectivity index (χ0) is 21.2. The molecule has 166 valence electrons. The number of unbranched alkanes of at least 4 members (excludes halogenated alkanes) is 1. The highest BCUT2D eigenvalue weighted by Gasteiger charge is 2.26. The average molecular weight is 398 g/mol. The van der Waals surface area contributed by atoms with E-state index < -0.39 is 0 Å². The van der Waals surface area contributed by atoms with E-state index >= 15 is 0 Å². The summed E-state index contributed by atoms with van der Waals surface area (Å²) in [6.07, 6.45) is 14.8. The molecule has 0 aliphatic heterocycles. The summed E-state index contributed by atoms with van der Waals surface area (Å²) in [6, 6.07) is 0.469. The molecule has 1 fully saturated rings. The summed E-state index contributed by atoms with van der Waals surface area (Å²) in [5.74, 6) is 0.0215. The number of amides is 1. The topological polar surface area (TPSA) is 76.4 Å². The van der Waals surface area contributed by atoms with Crippen LogP contribution in [0.5, 0.6) is 0 Å². The molecule has 0 radical (unpaired) electrons. The highest BCUT2D eigenvalue weighted by atomic mass is 16.5. The minimum absolute atomic E-state index is 0.0215. The minimum Gasteiger partial charge on any atom is -0.385 e. The molecule has 5 nitrogen and oxygen atoms in total. The van der Waals surface area contributed by atoms with Gasteiger partial charge in [0, 0.05) is 25.8 Å². The lowest BCUT2D eigenvalue weighted by atomic mass is 9.94. The van der Waals surface area contributed by atoms with Crippen molar-refractivity contribution in [2.75, 3.05) is 20.8 Å². The van der Waals surface area contributed by atoms with Gasteiger partial charge in [-0.2, -0.15) is 0 Å². The Kier molecular flexibility index (Phi) is 17.6. The van der Waals surface area contributed by atoms with Crippen LogP contribution in [0.2, 0.25) is 0 Å². The first-order valence-electron chi connectivity index (χ1n) is 11.4. The molecule has 0 bridgehead atoms. The fourth-order valence-corrected chi connectivity index (χ4v) is 3.35. The smallest absolute Gasteiger partial charge is 0.237 e. The quantitative estimate of drug-likeness (QED) is 0.533. The Morgan fingerprint density at radius 3 is 2.29 bits per heavy atom. The molecule has 0 aromatic rings. The van der Waals surface area contributed by atoms with Crippen LogP contribution in [0.25, 0.3) is 0 Å². The maximum Gasteiger partial charge on any atom is 0.237 e. The summed E-state index contributed by atoms with van der Waals surface area (Å²) >= 11 is 0. The van der Waals surface area contributed by atoms with Crippen LogP contribution in [-0.4, -0.2) is 44.8 Å². The summed E-state index contributed by atoms with van der Waals surface area (Å²) < 4.78 is 4.69. The van der Waals surface area contributed by atoms with Crippen LogP contribution in [0.15, 0.2) is 11.6 Å². The molecule has 2 aliphatic rings. The molecule has 2 aliphatic carbocycles. The normalized spacial score (nSPS) is 22.1. The number of rotatable bonds is 8. The largest absolute Gasteiger partial charge is 0.385 e. The number of carbonyl (C=O) groups is 1. The summed E-state index contributed by atoms with van der Waals surface area (Å²) in [7, 11) is 3.69. The van der Waals surface area contributed by atoms with Gasteiger partial charge < -0.3 is 21.1 Å². The van der Waals surface area contributed by atoms with Gasteiger partial charge in [-0.1, -0.05) is 45.3 Å². The van der Waals surface area contributed by atoms with Crippen LogP contribution in [-0.2, 0) is 9.53 Å². The highest BCUT2D eigenvalue weighted by Crippen LogP contribution is 2.22. The van der Waals surface area contributed by atoms with Crippen LogP contribution in [0.1, 0.15) is 91.4 Å². The molecular formula is C23H47N3O2. The predicted molar refractivity (Wildman–Crippen MR) is 121 cm³/mol. The van der Waals surface area contributed by atoms with Gasteiger partial charge in [0.25, 0.3) is 0 Å². The lowest BCUT2D eigenvalue weighted by Gasteiger charge is -2.19. The van der Waals surface area contributed by atoms with E-state index in [4.69, 9.17) is 10.5 Å². The van der Waals surface area contributed by atoms with Crippen LogP contribution in [0.4, 0.5) is 0 Å². The molecule has 0 spiro atoms. The Balaban J connectivity index is 0.000000681. The Morgan fingerprint density at radius 1 is 1.18 bits per heavy atom. The van der Waals surface area contributed by atoms with Gasteiger partial charge in [-0.25, -0.2) is 0 Å². The van der Waals surface area contributed by atoms with Gasteiger partial charge >= 0.3 is 0 Å². The number of ether oxygens (including phenoxy) is 1. The van der Waals surface area contributed by atoms with E-state index in [1.54, 1.807) is 7.11 Å². The molecule has 1 amide bonds. The molecule has 4 N–H and O–H groups in total. The fraction of sp³-hybridized carbons (Fsp3) is 0.870. The first kappa shape index (κ1) is 27.1. The maximum absolute atomic E-state index is 12.1. The first-order valence-corrected chi connectivity index (χ1v) is 11.4. The molecule has 2 rings (SSSR count). The predicted octanol–water partition coefficient (Wildman–Crippen LogP) is 4.31. The summed E-state index contributed by atoms with van der Waals surface area (Å²) in [6.45, 7) is 7.34. The Bertz CT molecular complexity index is 409. The molecule has 5 heteroatoms. The van der Waals surface area contributed by atoms with Crippen molar-refractivity contribution in [1.82, 2.24) is 10.6 Å². The minimum atomic E-state index is -0.377. The zero-order valence-corrected chi connectivity index (χ0v) is 19.2. The van der Waals surface area contributed by atoms with Gasteiger partial charge in [-0.15, -0.1) is 0 Å². The third-order valence-electron chi connectivity index (χ3n) is 5.30. The lowest BCUT2D eigenvalue weighted by Crippen LogP contribution is -2.45. The monoisotopic (exact) mass is 397 g/mol. The van der Waals surface area contributed by atoms with Crippen LogP contribution < -0.4 is 16.4 Å². The maximum atomic E-state index is 12.1. The Hall–Kier alpha value is -0.910. The van der Waals surface area contributed by atoms with E-state index in [1.165, 1.54) is 31.3 Å². The molecule has 0 aromatic heterocycles. The lowest BCUT2D eigenvalue weighted by molar-refractivity contribution is -0.123. The van der Waals surface area contributed by atoms with E-state index in [1.807, 2.05) is 7.05 Å². The Labute approximate surface area is 174 Å². The van der Waals surface area contributed by atoms with E-state index in [0.717, 1.165) is 51.6 Å². The molecule has 28 heavy (non-hydrogen) atoms.